The van der Waals surface area contributed by atoms with Gasteiger partial charge in [0, 0.05) is 231 Å². The monoisotopic (exact) mass is 1840 g/mol. The lowest BCUT2D eigenvalue weighted by atomic mass is 9.96. The normalized spacial score (nSPS) is 15.8. The molecule has 5 aliphatic heterocycles. The van der Waals surface area contributed by atoms with E-state index in [1.54, 1.807) is 0 Å². The molecule has 5 aliphatic rings. The van der Waals surface area contributed by atoms with Crippen LogP contribution < -0.4 is 0 Å². The van der Waals surface area contributed by atoms with Crippen LogP contribution in [-0.2, 0) is 25.9 Å². The molecule has 0 bridgehead atoms. The first-order valence-electron chi connectivity index (χ1n) is 48.7. The maximum atomic E-state index is 13.4. The van der Waals surface area contributed by atoms with Crippen LogP contribution in [0.25, 0.3) is 54.5 Å². The van der Waals surface area contributed by atoms with E-state index in [1.807, 2.05) is 208 Å². The van der Waals surface area contributed by atoms with Gasteiger partial charge in [0.25, 0.3) is 29.5 Å². The number of carbonyl (C=O) groups excluding carboxylic acids is 5. The Balaban J connectivity index is 0.000000120. The number of benzene rings is 11. The van der Waals surface area contributed by atoms with E-state index >= 15 is 0 Å². The Hall–Kier alpha value is -14.4. The Morgan fingerprint density at radius 3 is 1.12 bits per heavy atom. The van der Waals surface area contributed by atoms with E-state index in [-0.39, 0.29) is 47.2 Å². The van der Waals surface area contributed by atoms with Gasteiger partial charge in [0.05, 0.1) is 23.2 Å². The van der Waals surface area contributed by atoms with Crippen molar-refractivity contribution >= 4 is 84.1 Å². The fourth-order valence-corrected chi connectivity index (χ4v) is 20.2. The minimum absolute atomic E-state index is 0.0961. The average Bonchev–Trinajstić information content (AvgIpc) is 1.54. The molecule has 11 aromatic carbocycles. The van der Waals surface area contributed by atoms with Gasteiger partial charge in [0.1, 0.15) is 22.7 Å². The van der Waals surface area contributed by atoms with E-state index in [0.29, 0.717) is 36.8 Å². The molecule has 2 atom stereocenters. The topological polar surface area (TPSA) is 173 Å². The minimum atomic E-state index is -0.257. The third kappa shape index (κ3) is 22.2. The van der Waals surface area contributed by atoms with Crippen LogP contribution in [-0.4, -0.2) is 239 Å². The van der Waals surface area contributed by atoms with Gasteiger partial charge < -0.3 is 57.8 Å². The molecule has 5 amide bonds. The fraction of sp³-hybridized carbons (Fsp3) is 0.291. The number of fused-ring (bicyclic) bond motifs is 5. The molecule has 2 N–H and O–H groups in total. The largest absolute Gasteiger partial charge is 0.474 e. The number of aromatic nitrogens is 5. The number of hydrogen-bond donors (Lipinski definition) is 2. The number of aryl methyl sites for hydroxylation is 4. The van der Waals surface area contributed by atoms with Crippen LogP contribution in [0.3, 0.4) is 0 Å². The fourth-order valence-electron chi connectivity index (χ4n) is 20.2. The number of piperazine rings is 5. The van der Waals surface area contributed by atoms with Crippen molar-refractivity contribution in [2.24, 2.45) is 21.1 Å². The lowest BCUT2D eigenvalue weighted by Crippen LogP contribution is -2.50. The molecular weight excluding hydrogens is 1710 g/mol. The molecule has 21 nitrogen and oxygen atoms in total. The molecule has 138 heavy (non-hydrogen) atoms. The Labute approximate surface area is 811 Å². The Morgan fingerprint density at radius 2 is 0.674 bits per heavy atom. The summed E-state index contributed by atoms with van der Waals surface area (Å²) >= 11 is 0. The zero-order chi connectivity index (χ0) is 95.9. The zero-order valence-corrected chi connectivity index (χ0v) is 81.1. The van der Waals surface area contributed by atoms with Crippen molar-refractivity contribution < 1.29 is 28.7 Å². The highest BCUT2D eigenvalue weighted by molar-refractivity contribution is 6.08. The lowest BCUT2D eigenvalue weighted by Gasteiger charge is -2.39. The van der Waals surface area contributed by atoms with Gasteiger partial charge in [0.2, 0.25) is 0 Å². The summed E-state index contributed by atoms with van der Waals surface area (Å²) in [6.07, 6.45) is 3.77. The SMILES string of the molecule is C=C(OC(C)(C)C)N1CCN(C(=O)c2cn(C)c3ccccc23)CC1.CC(c1ccccc1)N1CCN(C(=O)c2c[nH]c3ccccc23)CC1.CC(c1ccccc1)N1CCN(C(=O)c2cc3ccccc3[nH]2)CC1.Cc1ccc2c(c1)cc(C(=O)N1CCN(C(c3ccccc3)c3ccccc3)CC1)n2C.Cn1c(C(=O)N2CCN(C(c3ccccc3)c3ccccc3)CC2)cc2ccccc21. The predicted molar refractivity (Wildman–Crippen MR) is 557 cm³/mol. The third-order valence-corrected chi connectivity index (χ3v) is 27.9. The van der Waals surface area contributed by atoms with Gasteiger partial charge in [-0.3, -0.25) is 43.6 Å². The molecular formula is C117H129N15O6. The lowest BCUT2D eigenvalue weighted by molar-refractivity contribution is -0.00867. The number of para-hydroxylation sites is 4. The minimum Gasteiger partial charge on any atom is -0.474 e. The molecule has 0 radical (unpaired) electrons. The van der Waals surface area contributed by atoms with Gasteiger partial charge >= 0.3 is 0 Å². The Kier molecular flexibility index (Phi) is 30.2. The number of nitrogens with one attached hydrogen (secondary N) is 2. The van der Waals surface area contributed by atoms with Crippen LogP contribution in [0.15, 0.2) is 340 Å². The second-order valence-corrected chi connectivity index (χ2v) is 37.8. The zero-order valence-electron chi connectivity index (χ0n) is 81.1. The van der Waals surface area contributed by atoms with Gasteiger partial charge in [0.15, 0.2) is 5.88 Å². The van der Waals surface area contributed by atoms with E-state index in [4.69, 9.17) is 4.74 Å². The first-order chi connectivity index (χ1) is 67.1. The van der Waals surface area contributed by atoms with Crippen LogP contribution >= 0.6 is 0 Å². The number of carbonyl (C=O) groups is 5. The smallest absolute Gasteiger partial charge is 0.270 e. The number of hydrogen-bond acceptors (Lipinski definition) is 11. The summed E-state index contributed by atoms with van der Waals surface area (Å²) in [6.45, 7) is 32.5. The van der Waals surface area contributed by atoms with E-state index in [1.165, 1.54) is 38.9 Å². The van der Waals surface area contributed by atoms with Gasteiger partial charge in [-0.25, -0.2) is 0 Å². The second kappa shape index (κ2) is 43.8. The molecule has 5 aromatic heterocycles. The molecule has 708 valence electrons. The quantitative estimate of drug-likeness (QED) is 0.0831. The number of amides is 5. The van der Waals surface area contributed by atoms with Gasteiger partial charge in [-0.15, -0.1) is 0 Å². The number of H-pyrrole nitrogens is 2. The van der Waals surface area contributed by atoms with Crippen molar-refractivity contribution in [1.82, 2.24) is 72.7 Å². The van der Waals surface area contributed by atoms with Crippen LogP contribution in [0.1, 0.15) is 150 Å². The van der Waals surface area contributed by atoms with E-state index < -0.39 is 0 Å². The molecule has 5 saturated heterocycles. The van der Waals surface area contributed by atoms with Crippen molar-refractivity contribution in [3.63, 3.8) is 0 Å². The molecule has 0 aliphatic carbocycles. The summed E-state index contributed by atoms with van der Waals surface area (Å²) < 4.78 is 11.9. The number of aromatic amines is 2. The maximum Gasteiger partial charge on any atom is 0.270 e. The van der Waals surface area contributed by atoms with Gasteiger partial charge in [-0.2, -0.15) is 0 Å². The summed E-state index contributed by atoms with van der Waals surface area (Å²) in [7, 11) is 5.94. The summed E-state index contributed by atoms with van der Waals surface area (Å²) in [4.78, 5) is 93.7. The maximum absolute atomic E-state index is 13.4. The van der Waals surface area contributed by atoms with E-state index in [0.717, 1.165) is 195 Å². The van der Waals surface area contributed by atoms with Crippen LogP contribution in [0, 0.1) is 6.92 Å². The van der Waals surface area contributed by atoms with Gasteiger partial charge in [-0.1, -0.05) is 266 Å². The second-order valence-electron chi connectivity index (χ2n) is 37.8. The van der Waals surface area contributed by atoms with Crippen molar-refractivity contribution in [3.05, 3.63) is 407 Å². The summed E-state index contributed by atoms with van der Waals surface area (Å²) in [5.41, 5.74) is 17.9. The Morgan fingerprint density at radius 1 is 0.326 bits per heavy atom. The molecule has 10 heterocycles. The van der Waals surface area contributed by atoms with Crippen molar-refractivity contribution in [2.75, 3.05) is 131 Å². The highest BCUT2D eigenvalue weighted by Gasteiger charge is 2.35. The molecule has 5 fully saturated rings. The van der Waals surface area contributed by atoms with Crippen LogP contribution in [0.4, 0.5) is 0 Å². The standard InChI is InChI=1S/C28H29N3O.C27H27N3O.2C21H23N3O.C20H27N3O2/c1-21-13-14-25-24(19-21)20-26(29(25)2)28(32)31-17-15-30(16-18-31)27(22-9-5-3-6-10-22)23-11-7-4-8-12-23;1-28-24-15-9-8-14-23(24)20-25(28)27(31)30-18-16-29(17-19-30)26(21-10-4-2-5-11-21)22-12-6-3-7-13-22;1-16(17-7-3-2-4-8-17)23-11-13-24(14-12-23)21(25)19-15-22-20-10-6-5-9-18(19)20;1-16(17-7-3-2-4-8-17)23-11-13-24(14-12-23)21(25)20-15-18-9-5-6-10-19(18)22-20;1-15(25-20(2,3)4)22-10-12-23(13-11-22)19(24)17-14-21(5)18-9-7-6-8-16(17)18/h3-14,19-20,27H,15-18H2,1-2H3;2-15,20,26H,16-19H2,1H3;2*2-10,15-16,22H,11-14H2,1H3;6-9,14H,1,10-13H2,2-5H3. The molecule has 16 aromatic rings. The van der Waals surface area contributed by atoms with Crippen molar-refractivity contribution in [3.8, 4) is 0 Å². The van der Waals surface area contributed by atoms with Crippen molar-refractivity contribution in [1.29, 1.82) is 0 Å². The van der Waals surface area contributed by atoms with Crippen LogP contribution in [0.2, 0.25) is 0 Å². The number of nitrogens with zero attached hydrogens (tertiary/aromatic N) is 13. The Bertz CT molecular complexity index is 6680. The first-order valence-corrected chi connectivity index (χ1v) is 48.7. The summed E-state index contributed by atoms with van der Waals surface area (Å²) in [5.74, 6) is 1.25. The highest BCUT2D eigenvalue weighted by atomic mass is 16.5. The predicted octanol–water partition coefficient (Wildman–Crippen LogP) is 20.4. The molecule has 0 saturated carbocycles. The molecule has 21 rings (SSSR count). The van der Waals surface area contributed by atoms with E-state index in [9.17, 15) is 24.0 Å². The third-order valence-electron chi connectivity index (χ3n) is 27.9. The number of rotatable bonds is 17. The molecule has 0 spiro atoms. The van der Waals surface area contributed by atoms with Gasteiger partial charge in [-0.05, 0) is 136 Å². The number of ether oxygens (including phenoxy) is 1. The van der Waals surface area contributed by atoms with Crippen LogP contribution in [0.5, 0.6) is 0 Å². The molecule has 21 heteroatoms. The molecule has 2 unspecified atom stereocenters. The average molecular weight is 1840 g/mol. The summed E-state index contributed by atoms with van der Waals surface area (Å²) in [5, 5.41) is 5.34. The van der Waals surface area contributed by atoms with Crippen molar-refractivity contribution in [2.45, 2.75) is 71.3 Å². The highest BCUT2D eigenvalue weighted by Crippen LogP contribution is 2.35. The summed E-state index contributed by atoms with van der Waals surface area (Å²) in [6, 6.07) is 110. The first kappa shape index (κ1) is 95.4. The van der Waals surface area contributed by atoms with E-state index in [2.05, 4.69) is 262 Å².